The van der Waals surface area contributed by atoms with Gasteiger partial charge in [0.2, 0.25) is 0 Å². The van der Waals surface area contributed by atoms with E-state index in [0.717, 1.165) is 12.8 Å². The van der Waals surface area contributed by atoms with Crippen LogP contribution in [0.25, 0.3) is 0 Å². The van der Waals surface area contributed by atoms with Crippen molar-refractivity contribution in [1.82, 2.24) is 0 Å². The Hall–Kier alpha value is -2.44. The first kappa shape index (κ1) is 30.8. The van der Waals surface area contributed by atoms with Gasteiger partial charge in [0.1, 0.15) is 11.9 Å². The van der Waals surface area contributed by atoms with Gasteiger partial charge in [-0.1, -0.05) is 51.5 Å². The van der Waals surface area contributed by atoms with E-state index in [1.54, 1.807) is 0 Å². The third-order valence-electron chi connectivity index (χ3n) is 3.68. The number of rotatable bonds is 11. The quantitative estimate of drug-likeness (QED) is 0.213. The number of aliphatic hydroxyl groups excluding tert-OH is 2. The van der Waals surface area contributed by atoms with Crippen LogP contribution in [0.1, 0.15) is 77.1 Å². The lowest BCUT2D eigenvalue weighted by molar-refractivity contribution is -0.134. The Morgan fingerprint density at radius 3 is 1.97 bits per heavy atom. The largest absolute Gasteiger partial charge is 0.454 e. The van der Waals surface area contributed by atoms with E-state index < -0.39 is 25.3 Å². The molecular weight excluding hydrogens is 396 g/mol. The predicted molar refractivity (Wildman–Crippen MR) is 125 cm³/mol. The number of allylic oxidation sites excluding steroid dienone is 4. The smallest absolute Gasteiger partial charge is 0.338 e. The highest BCUT2D eigenvalue weighted by Gasteiger charge is 2.14. The highest BCUT2D eigenvalue weighted by atomic mass is 16.6. The molecule has 0 radical (unpaired) electrons. The Labute approximate surface area is 187 Å². The minimum atomic E-state index is -0.947. The summed E-state index contributed by atoms with van der Waals surface area (Å²) >= 11 is 0. The maximum Gasteiger partial charge on any atom is 0.338 e. The molecule has 0 heterocycles. The van der Waals surface area contributed by atoms with Crippen LogP contribution in [0.2, 0.25) is 0 Å². The molecule has 0 aliphatic rings. The fraction of sp³-hybridized carbons (Fsp3) is 0.520. The van der Waals surface area contributed by atoms with Crippen molar-refractivity contribution in [2.75, 3.05) is 13.2 Å². The van der Waals surface area contributed by atoms with E-state index in [9.17, 15) is 9.59 Å². The second-order valence-corrected chi connectivity index (χ2v) is 6.21. The molecule has 6 heteroatoms. The van der Waals surface area contributed by atoms with Gasteiger partial charge >= 0.3 is 11.9 Å². The zero-order valence-corrected chi connectivity index (χ0v) is 19.7. The lowest BCUT2D eigenvalue weighted by Crippen LogP contribution is -2.25. The van der Waals surface area contributed by atoms with Gasteiger partial charge in [0.15, 0.2) is 0 Å². The average Bonchev–Trinajstić information content (AvgIpc) is 2.81. The van der Waals surface area contributed by atoms with Crippen LogP contribution in [-0.2, 0) is 9.53 Å². The van der Waals surface area contributed by atoms with E-state index >= 15 is 0 Å². The summed E-state index contributed by atoms with van der Waals surface area (Å²) < 4.78 is 10.0. The number of hydrogen-bond donors (Lipinski definition) is 2. The highest BCUT2D eigenvalue weighted by molar-refractivity contribution is 5.89. The zero-order chi connectivity index (χ0) is 23.9. The Morgan fingerprint density at radius 1 is 0.968 bits per heavy atom. The van der Waals surface area contributed by atoms with Crippen LogP contribution >= 0.6 is 0 Å². The molecule has 6 nitrogen and oxygen atoms in total. The Bertz CT molecular complexity index is 615. The van der Waals surface area contributed by atoms with Gasteiger partial charge in [0.05, 0.1) is 18.8 Å². The van der Waals surface area contributed by atoms with Gasteiger partial charge in [-0.2, -0.15) is 0 Å². The minimum absolute atomic E-state index is 0.241. The SMILES string of the molecule is C/C=C\CCC.C/C=C\CCCC(=O)Oc1ccc(C(=O)OC(CO)CO)cc1.CC. The van der Waals surface area contributed by atoms with Crippen LogP contribution in [0, 0.1) is 0 Å². The van der Waals surface area contributed by atoms with E-state index in [1.807, 2.05) is 32.9 Å². The van der Waals surface area contributed by atoms with Gasteiger partial charge in [0, 0.05) is 6.42 Å². The van der Waals surface area contributed by atoms with Gasteiger partial charge in [-0.3, -0.25) is 4.79 Å². The molecule has 176 valence electrons. The van der Waals surface area contributed by atoms with Crippen LogP contribution in [-0.4, -0.2) is 41.5 Å². The molecular formula is C25H40O6. The molecule has 0 atom stereocenters. The van der Waals surface area contributed by atoms with E-state index in [-0.39, 0.29) is 11.5 Å². The van der Waals surface area contributed by atoms with Crippen molar-refractivity contribution in [3.63, 3.8) is 0 Å². The van der Waals surface area contributed by atoms with Crippen molar-refractivity contribution in [3.05, 3.63) is 54.1 Å². The van der Waals surface area contributed by atoms with Gasteiger partial charge in [-0.15, -0.1) is 0 Å². The zero-order valence-electron chi connectivity index (χ0n) is 19.7. The molecule has 0 amide bonds. The Morgan fingerprint density at radius 2 is 1.52 bits per heavy atom. The number of hydrogen-bond acceptors (Lipinski definition) is 6. The van der Waals surface area contributed by atoms with Crippen LogP contribution in [0.15, 0.2) is 48.6 Å². The van der Waals surface area contributed by atoms with Gasteiger partial charge < -0.3 is 19.7 Å². The predicted octanol–water partition coefficient (Wildman–Crippen LogP) is 5.24. The summed E-state index contributed by atoms with van der Waals surface area (Å²) in [6, 6.07) is 5.90. The Kier molecular flexibility index (Phi) is 22.1. The Balaban J connectivity index is 0. The summed E-state index contributed by atoms with van der Waals surface area (Å²) in [5, 5.41) is 17.7. The summed E-state index contributed by atoms with van der Waals surface area (Å²) in [6.45, 7) is 9.25. The number of esters is 2. The molecule has 0 aliphatic heterocycles. The lowest BCUT2D eigenvalue weighted by Gasteiger charge is -2.12. The van der Waals surface area contributed by atoms with E-state index in [0.29, 0.717) is 12.2 Å². The third-order valence-corrected chi connectivity index (χ3v) is 3.68. The number of ether oxygens (including phenoxy) is 2. The molecule has 0 bridgehead atoms. The van der Waals surface area contributed by atoms with Crippen molar-refractivity contribution in [2.24, 2.45) is 0 Å². The average molecular weight is 437 g/mol. The molecule has 1 rings (SSSR count). The van der Waals surface area contributed by atoms with Gasteiger partial charge in [-0.25, -0.2) is 4.79 Å². The molecule has 0 aromatic heterocycles. The molecule has 0 fully saturated rings. The van der Waals surface area contributed by atoms with Crippen molar-refractivity contribution < 1.29 is 29.3 Å². The monoisotopic (exact) mass is 436 g/mol. The van der Waals surface area contributed by atoms with Gasteiger partial charge in [-0.05, 0) is 57.4 Å². The van der Waals surface area contributed by atoms with Crippen LogP contribution in [0.5, 0.6) is 5.75 Å². The number of benzene rings is 1. The summed E-state index contributed by atoms with van der Waals surface area (Å²) in [4.78, 5) is 23.4. The van der Waals surface area contributed by atoms with E-state index in [4.69, 9.17) is 19.7 Å². The maximum absolute atomic E-state index is 11.8. The summed E-state index contributed by atoms with van der Waals surface area (Å²) in [6.07, 6.45) is 11.6. The fourth-order valence-electron chi connectivity index (χ4n) is 2.06. The first-order valence-electron chi connectivity index (χ1n) is 11.0. The molecule has 0 aliphatic carbocycles. The lowest BCUT2D eigenvalue weighted by atomic mass is 10.2. The normalized spacial score (nSPS) is 10.3. The van der Waals surface area contributed by atoms with Crippen molar-refractivity contribution >= 4 is 11.9 Å². The molecule has 0 saturated heterocycles. The van der Waals surface area contributed by atoms with E-state index in [2.05, 4.69) is 26.0 Å². The highest BCUT2D eigenvalue weighted by Crippen LogP contribution is 2.15. The first-order valence-corrected chi connectivity index (χ1v) is 11.0. The topological polar surface area (TPSA) is 93.1 Å². The summed E-state index contributed by atoms with van der Waals surface area (Å²) in [7, 11) is 0. The van der Waals surface area contributed by atoms with Crippen molar-refractivity contribution in [1.29, 1.82) is 0 Å². The molecule has 0 spiro atoms. The molecule has 1 aromatic carbocycles. The van der Waals surface area contributed by atoms with Crippen LogP contribution in [0.3, 0.4) is 0 Å². The number of carbonyl (C=O) groups excluding carboxylic acids is 2. The van der Waals surface area contributed by atoms with Gasteiger partial charge in [0.25, 0.3) is 0 Å². The maximum atomic E-state index is 11.8. The summed E-state index contributed by atoms with van der Waals surface area (Å²) in [5.41, 5.74) is 0.241. The molecule has 0 saturated carbocycles. The minimum Gasteiger partial charge on any atom is -0.454 e. The molecule has 1 aromatic rings. The molecule has 0 unspecified atom stereocenters. The van der Waals surface area contributed by atoms with Crippen molar-refractivity contribution in [2.45, 2.75) is 72.8 Å². The standard InChI is InChI=1S/C17H22O6.C6H12.C2H6/c1-2-3-4-5-6-16(20)22-14-9-7-13(8-10-14)17(21)23-15(11-18)12-19;1-3-5-6-4-2;1-2/h2-3,7-10,15,18-19H,4-6,11-12H2,1H3;3,5H,4,6H2,1-2H3;1-2H3/b3-2-;5-3-;. The van der Waals surface area contributed by atoms with Crippen LogP contribution in [0.4, 0.5) is 0 Å². The third kappa shape index (κ3) is 17.0. The fourth-order valence-corrected chi connectivity index (χ4v) is 2.06. The van der Waals surface area contributed by atoms with Crippen LogP contribution < -0.4 is 4.74 Å². The number of carbonyl (C=O) groups is 2. The van der Waals surface area contributed by atoms with E-state index in [1.165, 1.54) is 37.1 Å². The first-order chi connectivity index (χ1) is 15.0. The van der Waals surface area contributed by atoms with Crippen molar-refractivity contribution in [3.8, 4) is 5.75 Å². The number of unbranched alkanes of at least 4 members (excludes halogenated alkanes) is 2. The molecule has 2 N–H and O–H groups in total. The second kappa shape index (κ2) is 22.2. The second-order valence-electron chi connectivity index (χ2n) is 6.21. The number of aliphatic hydroxyl groups is 2. The molecule has 31 heavy (non-hydrogen) atoms. The summed E-state index contributed by atoms with van der Waals surface area (Å²) in [5.74, 6) is -0.647.